The minimum atomic E-state index is -4.86. The number of hydrogen-bond donors (Lipinski definition) is 2. The van der Waals surface area contributed by atoms with E-state index in [0.29, 0.717) is 16.8 Å². The number of fused-ring (bicyclic) bond motifs is 1. The molecule has 230 valence electrons. The third-order valence-electron chi connectivity index (χ3n) is 7.17. The van der Waals surface area contributed by atoms with Crippen LogP contribution in [0.1, 0.15) is 32.1 Å². The summed E-state index contributed by atoms with van der Waals surface area (Å²) in [7, 11) is -2.15. The number of carbonyl (C=O) groups is 2. The second kappa shape index (κ2) is 11.8. The molecule has 14 heteroatoms. The van der Waals surface area contributed by atoms with E-state index in [2.05, 4.69) is 10.4 Å². The number of alkyl halides is 3. The number of methoxy groups -OCH3 is 1. The fraction of sp³-hybridized carbons (Fsp3) is 0.233. The lowest BCUT2D eigenvalue weighted by Crippen LogP contribution is -2.39. The Kier molecular flexibility index (Phi) is 8.23. The lowest BCUT2D eigenvalue weighted by molar-refractivity contribution is -0.141. The molecule has 4 aromatic rings. The second-order valence-corrected chi connectivity index (χ2v) is 12.0. The minimum Gasteiger partial charge on any atom is -0.497 e. The zero-order chi connectivity index (χ0) is 31.8. The highest BCUT2D eigenvalue weighted by atomic mass is 32.2. The number of nitrogens with zero attached hydrogens (tertiary/aromatic N) is 3. The Hall–Kier alpha value is -4.69. The number of hydrogen-bond acceptors (Lipinski definition) is 7. The summed E-state index contributed by atoms with van der Waals surface area (Å²) >= 11 is 0. The molecule has 2 amide bonds. The molecule has 1 aliphatic rings. The number of carbonyl (C=O) groups excluding carboxylic acids is 2. The molecule has 3 N–H and O–H groups in total. The third kappa shape index (κ3) is 5.77. The van der Waals surface area contributed by atoms with E-state index in [1.807, 2.05) is 0 Å². The standard InChI is InChI=1S/C30H28F3N5O5S/c1-43-20-11-12-24(23(17-20)28(39)35-15-14-34)38-26-22(27(36-38)30(31,32)33)13-16-37(29(26)40)19-9-7-18(8-10-19)21-5-3-4-6-25(21)44(2,41)42/h3-12,17H,13-16,34H2,1-2H3,(H,35,39). The molecule has 0 saturated heterocycles. The first-order chi connectivity index (χ1) is 20.8. The van der Waals surface area contributed by atoms with Gasteiger partial charge in [-0.2, -0.15) is 18.3 Å². The van der Waals surface area contributed by atoms with E-state index < -0.39 is 33.5 Å². The number of halogens is 3. The maximum absolute atomic E-state index is 14.2. The van der Waals surface area contributed by atoms with Crippen LogP contribution < -0.4 is 20.7 Å². The lowest BCUT2D eigenvalue weighted by Gasteiger charge is -2.28. The number of nitrogens with two attached hydrogens (primary N) is 1. The zero-order valence-corrected chi connectivity index (χ0v) is 24.5. The van der Waals surface area contributed by atoms with Gasteiger partial charge in [-0.15, -0.1) is 0 Å². The van der Waals surface area contributed by atoms with Crippen LogP contribution in [0.25, 0.3) is 16.8 Å². The predicted molar refractivity (Wildman–Crippen MR) is 157 cm³/mol. The van der Waals surface area contributed by atoms with Gasteiger partial charge in [0, 0.05) is 42.7 Å². The van der Waals surface area contributed by atoms with E-state index in [1.54, 1.807) is 42.5 Å². The van der Waals surface area contributed by atoms with Gasteiger partial charge >= 0.3 is 6.18 Å². The number of rotatable bonds is 8. The Balaban J connectivity index is 1.59. The van der Waals surface area contributed by atoms with E-state index >= 15 is 0 Å². The van der Waals surface area contributed by atoms with Gasteiger partial charge < -0.3 is 20.7 Å². The molecule has 0 atom stereocenters. The highest BCUT2D eigenvalue weighted by Crippen LogP contribution is 2.38. The van der Waals surface area contributed by atoms with Crippen LogP contribution in [0.5, 0.6) is 5.75 Å². The van der Waals surface area contributed by atoms with Gasteiger partial charge in [0.05, 0.1) is 23.3 Å². The van der Waals surface area contributed by atoms with Gasteiger partial charge in [0.25, 0.3) is 11.8 Å². The first-order valence-electron chi connectivity index (χ1n) is 13.4. The van der Waals surface area contributed by atoms with Gasteiger partial charge in [-0.3, -0.25) is 9.59 Å². The fourth-order valence-corrected chi connectivity index (χ4v) is 6.06. The number of benzene rings is 3. The molecule has 5 rings (SSSR count). The molecule has 0 bridgehead atoms. The van der Waals surface area contributed by atoms with Crippen LogP contribution >= 0.6 is 0 Å². The Morgan fingerprint density at radius 1 is 1.09 bits per heavy atom. The van der Waals surface area contributed by atoms with Gasteiger partial charge in [0.2, 0.25) is 0 Å². The molecule has 0 saturated carbocycles. The number of sulfone groups is 1. The van der Waals surface area contributed by atoms with Crippen LogP contribution in [0, 0.1) is 0 Å². The average Bonchev–Trinajstić information content (AvgIpc) is 3.41. The smallest absolute Gasteiger partial charge is 0.435 e. The predicted octanol–water partition coefficient (Wildman–Crippen LogP) is 3.86. The molecule has 0 spiro atoms. The highest BCUT2D eigenvalue weighted by Gasteiger charge is 2.43. The van der Waals surface area contributed by atoms with Crippen molar-refractivity contribution in [2.75, 3.05) is 37.9 Å². The number of aromatic nitrogens is 2. The van der Waals surface area contributed by atoms with Crippen molar-refractivity contribution in [2.45, 2.75) is 17.5 Å². The first-order valence-corrected chi connectivity index (χ1v) is 15.3. The molecule has 3 aromatic carbocycles. The van der Waals surface area contributed by atoms with Crippen molar-refractivity contribution in [3.8, 4) is 22.6 Å². The molecule has 0 fully saturated rings. The molecule has 0 aliphatic carbocycles. The van der Waals surface area contributed by atoms with Gasteiger partial charge in [-0.1, -0.05) is 30.3 Å². The number of amides is 2. The average molecular weight is 628 g/mol. The van der Waals surface area contributed by atoms with E-state index in [9.17, 15) is 31.2 Å². The molecular formula is C30H28F3N5O5S. The van der Waals surface area contributed by atoms with Crippen LogP contribution in [0.4, 0.5) is 18.9 Å². The summed E-state index contributed by atoms with van der Waals surface area (Å²) in [6, 6.07) is 17.1. The number of anilines is 1. The lowest BCUT2D eigenvalue weighted by atomic mass is 10.0. The first kappa shape index (κ1) is 30.8. The van der Waals surface area contributed by atoms with Crippen LogP contribution in [-0.2, 0) is 22.4 Å². The van der Waals surface area contributed by atoms with Crippen LogP contribution in [0.2, 0.25) is 0 Å². The Bertz CT molecular complexity index is 1850. The molecule has 1 aliphatic heterocycles. The van der Waals surface area contributed by atoms with Crippen molar-refractivity contribution in [1.29, 1.82) is 0 Å². The second-order valence-electron chi connectivity index (χ2n) is 10.0. The van der Waals surface area contributed by atoms with E-state index in [-0.39, 0.29) is 59.2 Å². The quantitative estimate of drug-likeness (QED) is 0.303. The summed E-state index contributed by atoms with van der Waals surface area (Å²) in [6.45, 7) is 0.177. The molecular weight excluding hydrogens is 599 g/mol. The molecule has 0 unspecified atom stereocenters. The van der Waals surface area contributed by atoms with Crippen molar-refractivity contribution in [1.82, 2.24) is 15.1 Å². The van der Waals surface area contributed by atoms with Crippen molar-refractivity contribution in [3.05, 3.63) is 89.2 Å². The Morgan fingerprint density at radius 2 is 1.80 bits per heavy atom. The van der Waals surface area contributed by atoms with Crippen molar-refractivity contribution < 1.29 is 35.9 Å². The number of ether oxygens (including phenoxy) is 1. The Labute approximate surface area is 251 Å². The molecule has 10 nitrogen and oxygen atoms in total. The Morgan fingerprint density at radius 3 is 2.43 bits per heavy atom. The fourth-order valence-electron chi connectivity index (χ4n) is 5.15. The summed E-state index contributed by atoms with van der Waals surface area (Å²) < 4.78 is 73.2. The summed E-state index contributed by atoms with van der Waals surface area (Å²) in [5, 5.41) is 6.41. The normalized spacial score (nSPS) is 13.5. The number of nitrogens with one attached hydrogen (secondary N) is 1. The van der Waals surface area contributed by atoms with E-state index in [1.165, 1.54) is 36.3 Å². The summed E-state index contributed by atoms with van der Waals surface area (Å²) in [5.41, 5.74) is 5.02. The maximum Gasteiger partial charge on any atom is 0.435 e. The van der Waals surface area contributed by atoms with Gasteiger partial charge in [-0.05, 0) is 48.4 Å². The van der Waals surface area contributed by atoms with Crippen LogP contribution in [-0.4, -0.2) is 63.0 Å². The summed E-state index contributed by atoms with van der Waals surface area (Å²) in [6.07, 6.45) is -3.90. The van der Waals surface area contributed by atoms with Crippen LogP contribution in [0.3, 0.4) is 0 Å². The monoisotopic (exact) mass is 627 g/mol. The van der Waals surface area contributed by atoms with E-state index in [0.717, 1.165) is 10.9 Å². The van der Waals surface area contributed by atoms with Gasteiger partial charge in [0.1, 0.15) is 11.4 Å². The topological polar surface area (TPSA) is 137 Å². The molecule has 44 heavy (non-hydrogen) atoms. The largest absolute Gasteiger partial charge is 0.497 e. The van der Waals surface area contributed by atoms with Crippen LogP contribution in [0.15, 0.2) is 71.6 Å². The summed E-state index contributed by atoms with van der Waals surface area (Å²) in [5.74, 6) is -1.11. The molecule has 0 radical (unpaired) electrons. The zero-order valence-electron chi connectivity index (χ0n) is 23.7. The summed E-state index contributed by atoms with van der Waals surface area (Å²) in [4.78, 5) is 28.4. The molecule has 2 heterocycles. The molecule has 1 aromatic heterocycles. The minimum absolute atomic E-state index is 0.0463. The van der Waals surface area contributed by atoms with Crippen molar-refractivity contribution >= 4 is 27.3 Å². The maximum atomic E-state index is 14.2. The van der Waals surface area contributed by atoms with Gasteiger partial charge in [0.15, 0.2) is 15.5 Å². The SMILES string of the molecule is COc1ccc(-n2nc(C(F)(F)F)c3c2C(=O)N(c2ccc(-c4ccccc4S(C)(=O)=O)cc2)CC3)c(C(=O)NCCN)c1. The van der Waals surface area contributed by atoms with Gasteiger partial charge in [-0.25, -0.2) is 13.1 Å². The third-order valence-corrected chi connectivity index (χ3v) is 8.32. The highest BCUT2D eigenvalue weighted by molar-refractivity contribution is 7.90. The van der Waals surface area contributed by atoms with E-state index in [4.69, 9.17) is 10.5 Å². The van der Waals surface area contributed by atoms with Crippen molar-refractivity contribution in [2.24, 2.45) is 5.73 Å². The van der Waals surface area contributed by atoms with Crippen molar-refractivity contribution in [3.63, 3.8) is 0 Å².